The first-order valence-electron chi connectivity index (χ1n) is 7.61. The molecule has 2 rings (SSSR count). The zero-order valence-corrected chi connectivity index (χ0v) is 15.1. The average molecular weight is 333 g/mol. The van der Waals surface area contributed by atoms with E-state index in [1.807, 2.05) is 46.8 Å². The molecule has 0 saturated carbocycles. The van der Waals surface area contributed by atoms with E-state index in [4.69, 9.17) is 0 Å². The number of rotatable bonds is 6. The molecule has 124 valence electrons. The third-order valence-corrected chi connectivity index (χ3v) is 4.51. The number of thioether (sulfide) groups is 1. The molecule has 0 aliphatic rings. The normalized spacial score (nSPS) is 11.5. The first kappa shape index (κ1) is 17.5. The highest BCUT2D eigenvalue weighted by molar-refractivity contribution is 7.99. The molecule has 6 nitrogen and oxygen atoms in total. The zero-order valence-electron chi connectivity index (χ0n) is 14.3. The van der Waals surface area contributed by atoms with Gasteiger partial charge in [-0.3, -0.25) is 4.79 Å². The Balaban J connectivity index is 2.08. The number of aromatic nitrogens is 4. The summed E-state index contributed by atoms with van der Waals surface area (Å²) in [6.07, 6.45) is 0.879. The summed E-state index contributed by atoms with van der Waals surface area (Å²) in [5, 5.41) is 15.4. The second-order valence-corrected chi connectivity index (χ2v) is 7.24. The third kappa shape index (κ3) is 4.79. The maximum Gasteiger partial charge on any atom is 0.230 e. The van der Waals surface area contributed by atoms with Crippen molar-refractivity contribution in [1.82, 2.24) is 25.5 Å². The number of tetrazole rings is 1. The molecule has 1 heterocycles. The van der Waals surface area contributed by atoms with Gasteiger partial charge in [-0.15, -0.1) is 5.10 Å². The van der Waals surface area contributed by atoms with Gasteiger partial charge in [0.15, 0.2) is 0 Å². The Hall–Kier alpha value is -1.89. The largest absolute Gasteiger partial charge is 0.351 e. The quantitative estimate of drug-likeness (QED) is 0.823. The van der Waals surface area contributed by atoms with E-state index in [1.54, 1.807) is 4.68 Å². The number of aryl methyl sites for hydroxylation is 2. The lowest BCUT2D eigenvalue weighted by Gasteiger charge is -2.24. The van der Waals surface area contributed by atoms with Crippen molar-refractivity contribution in [3.63, 3.8) is 0 Å². The van der Waals surface area contributed by atoms with E-state index in [9.17, 15) is 4.79 Å². The van der Waals surface area contributed by atoms with Gasteiger partial charge < -0.3 is 5.32 Å². The first-order chi connectivity index (χ1) is 10.8. The van der Waals surface area contributed by atoms with E-state index in [1.165, 1.54) is 11.8 Å². The fourth-order valence-electron chi connectivity index (χ4n) is 2.14. The Morgan fingerprint density at radius 1 is 1.26 bits per heavy atom. The second-order valence-electron chi connectivity index (χ2n) is 6.29. The topological polar surface area (TPSA) is 72.7 Å². The second kappa shape index (κ2) is 7.12. The minimum absolute atomic E-state index is 0.0168. The molecule has 1 N–H and O–H groups in total. The SMILES string of the molecule is CCC(C)(C)NC(=O)CSc1nnnn1-c1cc(C)cc(C)c1. The number of hydrogen-bond donors (Lipinski definition) is 1. The summed E-state index contributed by atoms with van der Waals surface area (Å²) < 4.78 is 1.67. The van der Waals surface area contributed by atoms with Crippen molar-refractivity contribution < 1.29 is 4.79 Å². The average Bonchev–Trinajstić information content (AvgIpc) is 2.92. The number of nitrogens with zero attached hydrogens (tertiary/aromatic N) is 4. The molecule has 0 saturated heterocycles. The molecule has 1 aromatic carbocycles. The Kier molecular flexibility index (Phi) is 5.41. The van der Waals surface area contributed by atoms with E-state index in [2.05, 4.69) is 26.9 Å². The van der Waals surface area contributed by atoms with Gasteiger partial charge in [-0.2, -0.15) is 4.68 Å². The van der Waals surface area contributed by atoms with E-state index in [0.29, 0.717) is 5.16 Å². The van der Waals surface area contributed by atoms with Gasteiger partial charge in [-0.25, -0.2) is 0 Å². The molecule has 0 spiro atoms. The van der Waals surface area contributed by atoms with Crippen molar-refractivity contribution in [2.45, 2.75) is 51.7 Å². The number of nitrogens with one attached hydrogen (secondary N) is 1. The third-order valence-electron chi connectivity index (χ3n) is 3.59. The van der Waals surface area contributed by atoms with Gasteiger partial charge in [0.05, 0.1) is 11.4 Å². The van der Waals surface area contributed by atoms with Crippen LogP contribution < -0.4 is 5.32 Å². The number of carbonyl (C=O) groups excluding carboxylic acids is 1. The summed E-state index contributed by atoms with van der Waals surface area (Å²) >= 11 is 1.33. The van der Waals surface area contributed by atoms with Crippen molar-refractivity contribution in [3.05, 3.63) is 29.3 Å². The van der Waals surface area contributed by atoms with E-state index in [-0.39, 0.29) is 17.2 Å². The van der Waals surface area contributed by atoms with Crippen LogP contribution in [-0.4, -0.2) is 37.4 Å². The smallest absolute Gasteiger partial charge is 0.230 e. The van der Waals surface area contributed by atoms with Crippen molar-refractivity contribution in [2.75, 3.05) is 5.75 Å². The lowest BCUT2D eigenvalue weighted by Crippen LogP contribution is -2.43. The molecule has 0 radical (unpaired) electrons. The Morgan fingerprint density at radius 3 is 2.52 bits per heavy atom. The van der Waals surface area contributed by atoms with E-state index >= 15 is 0 Å². The molecule has 7 heteroatoms. The Bertz CT molecular complexity index is 675. The first-order valence-corrected chi connectivity index (χ1v) is 8.60. The van der Waals surface area contributed by atoms with Gasteiger partial charge in [0.25, 0.3) is 0 Å². The Morgan fingerprint density at radius 2 is 1.91 bits per heavy atom. The summed E-state index contributed by atoms with van der Waals surface area (Å²) in [5.74, 6) is 0.269. The predicted molar refractivity (Wildman–Crippen MR) is 91.9 cm³/mol. The maximum absolute atomic E-state index is 12.1. The van der Waals surface area contributed by atoms with Crippen LogP contribution >= 0.6 is 11.8 Å². The van der Waals surface area contributed by atoms with Gasteiger partial charge in [0.2, 0.25) is 11.1 Å². The van der Waals surface area contributed by atoms with Gasteiger partial charge in [0, 0.05) is 5.54 Å². The zero-order chi connectivity index (χ0) is 17.0. The van der Waals surface area contributed by atoms with Crippen LogP contribution in [0, 0.1) is 13.8 Å². The van der Waals surface area contributed by atoms with Gasteiger partial charge >= 0.3 is 0 Å². The summed E-state index contributed by atoms with van der Waals surface area (Å²) in [7, 11) is 0. The van der Waals surface area contributed by atoms with Crippen LogP contribution in [0.3, 0.4) is 0 Å². The summed E-state index contributed by atoms with van der Waals surface area (Å²) in [6, 6.07) is 6.14. The molecular formula is C16H23N5OS. The minimum Gasteiger partial charge on any atom is -0.351 e. The van der Waals surface area contributed by atoms with Crippen LogP contribution in [0.5, 0.6) is 0 Å². The molecule has 23 heavy (non-hydrogen) atoms. The molecule has 0 aliphatic carbocycles. The lowest BCUT2D eigenvalue weighted by atomic mass is 10.0. The lowest BCUT2D eigenvalue weighted by molar-refractivity contribution is -0.120. The molecular weight excluding hydrogens is 310 g/mol. The standard InChI is InChI=1S/C16H23N5OS/c1-6-16(4,5)17-14(22)10-23-15-18-19-20-21(15)13-8-11(2)7-12(3)9-13/h7-9H,6,10H2,1-5H3,(H,17,22). The molecule has 1 amide bonds. The van der Waals surface area contributed by atoms with E-state index in [0.717, 1.165) is 23.2 Å². The predicted octanol–water partition coefficient (Wildman–Crippen LogP) is 2.68. The number of benzene rings is 1. The highest BCUT2D eigenvalue weighted by atomic mass is 32.2. The van der Waals surface area contributed by atoms with Gasteiger partial charge in [-0.05, 0) is 67.8 Å². The summed E-state index contributed by atoms with van der Waals surface area (Å²) in [4.78, 5) is 12.1. The summed E-state index contributed by atoms with van der Waals surface area (Å²) in [6.45, 7) is 10.1. The molecule has 1 aromatic heterocycles. The van der Waals surface area contributed by atoms with Crippen LogP contribution in [0.15, 0.2) is 23.4 Å². The summed E-state index contributed by atoms with van der Waals surface area (Å²) in [5.41, 5.74) is 3.00. The number of hydrogen-bond acceptors (Lipinski definition) is 5. The highest BCUT2D eigenvalue weighted by Gasteiger charge is 2.19. The molecule has 2 aromatic rings. The fraction of sp³-hybridized carbons (Fsp3) is 0.500. The van der Waals surface area contributed by atoms with Gasteiger partial charge in [0.1, 0.15) is 0 Å². The van der Waals surface area contributed by atoms with Crippen LogP contribution in [-0.2, 0) is 4.79 Å². The van der Waals surface area contributed by atoms with Crippen molar-refractivity contribution >= 4 is 17.7 Å². The van der Waals surface area contributed by atoms with Crippen LogP contribution in [0.25, 0.3) is 5.69 Å². The molecule has 0 fully saturated rings. The minimum atomic E-state index is -0.197. The van der Waals surface area contributed by atoms with Crippen molar-refractivity contribution in [1.29, 1.82) is 0 Å². The molecule has 0 atom stereocenters. The molecule has 0 bridgehead atoms. The molecule has 0 aliphatic heterocycles. The Labute approximate surface area is 141 Å². The monoisotopic (exact) mass is 333 g/mol. The maximum atomic E-state index is 12.1. The van der Waals surface area contributed by atoms with Crippen LogP contribution in [0.2, 0.25) is 0 Å². The number of carbonyl (C=O) groups is 1. The van der Waals surface area contributed by atoms with Crippen LogP contribution in [0.4, 0.5) is 0 Å². The van der Waals surface area contributed by atoms with Crippen molar-refractivity contribution in [3.8, 4) is 5.69 Å². The van der Waals surface area contributed by atoms with Gasteiger partial charge in [-0.1, -0.05) is 24.8 Å². The highest BCUT2D eigenvalue weighted by Crippen LogP contribution is 2.20. The van der Waals surface area contributed by atoms with Crippen molar-refractivity contribution in [2.24, 2.45) is 0 Å². The van der Waals surface area contributed by atoms with E-state index < -0.39 is 0 Å². The number of amides is 1. The fourth-order valence-corrected chi connectivity index (χ4v) is 2.83. The molecule has 0 unspecified atom stereocenters. The van der Waals surface area contributed by atoms with Crippen LogP contribution in [0.1, 0.15) is 38.3 Å².